The zero-order chi connectivity index (χ0) is 14.7. The third kappa shape index (κ3) is 2.63. The van der Waals surface area contributed by atoms with Crippen LogP contribution in [0.25, 0.3) is 10.9 Å². The molecule has 3 rings (SSSR count). The van der Waals surface area contributed by atoms with Crippen LogP contribution < -0.4 is 0 Å². The van der Waals surface area contributed by atoms with Crippen LogP contribution in [0, 0.1) is 0 Å². The molecular formula is C18H15NO2. The summed E-state index contributed by atoms with van der Waals surface area (Å²) in [6, 6.07) is 21.3. The number of benzene rings is 2. The van der Waals surface area contributed by atoms with E-state index in [-0.39, 0.29) is 5.97 Å². The molecule has 104 valence electrons. The van der Waals surface area contributed by atoms with Crippen molar-refractivity contribution in [1.29, 1.82) is 0 Å². The van der Waals surface area contributed by atoms with Crippen LogP contribution in [0.5, 0.6) is 0 Å². The lowest BCUT2D eigenvalue weighted by Gasteiger charge is -2.15. The maximum absolute atomic E-state index is 12.2. The average molecular weight is 277 g/mol. The maximum Gasteiger partial charge on any atom is 0.319 e. The number of para-hydroxylation sites is 1. The van der Waals surface area contributed by atoms with Crippen LogP contribution in [-0.2, 0) is 9.53 Å². The lowest BCUT2D eigenvalue weighted by Crippen LogP contribution is -2.16. The van der Waals surface area contributed by atoms with Crippen LogP contribution in [0.15, 0.2) is 66.7 Å². The highest BCUT2D eigenvalue weighted by molar-refractivity contribution is 5.84. The average Bonchev–Trinajstić information content (AvgIpc) is 2.56. The summed E-state index contributed by atoms with van der Waals surface area (Å²) < 4.78 is 4.95. The molecule has 0 aliphatic rings. The number of hydrogen-bond donors (Lipinski definition) is 0. The molecule has 0 aliphatic heterocycles. The summed E-state index contributed by atoms with van der Waals surface area (Å²) >= 11 is 0. The number of nitrogens with zero attached hydrogens (tertiary/aromatic N) is 1. The van der Waals surface area contributed by atoms with Gasteiger partial charge in [-0.2, -0.15) is 0 Å². The normalized spacial score (nSPS) is 12.0. The number of fused-ring (bicyclic) bond motifs is 1. The summed E-state index contributed by atoms with van der Waals surface area (Å²) in [6.07, 6.45) is 0. The molecule has 0 unspecified atom stereocenters. The SMILES string of the molecule is COC(=O)[C@@H](c1ccccc1)c1ccc2ccccc2n1. The molecule has 3 aromatic rings. The van der Waals surface area contributed by atoms with Gasteiger partial charge in [-0.3, -0.25) is 9.78 Å². The Bertz CT molecular complexity index is 768. The van der Waals surface area contributed by atoms with Crippen LogP contribution >= 0.6 is 0 Å². The number of methoxy groups -OCH3 is 1. The first-order chi connectivity index (χ1) is 10.3. The summed E-state index contributed by atoms with van der Waals surface area (Å²) in [5.74, 6) is -0.801. The Kier molecular flexibility index (Phi) is 3.65. The molecule has 21 heavy (non-hydrogen) atoms. The van der Waals surface area contributed by atoms with Gasteiger partial charge in [0.15, 0.2) is 0 Å². The van der Waals surface area contributed by atoms with Gasteiger partial charge < -0.3 is 4.74 Å². The largest absolute Gasteiger partial charge is 0.468 e. The van der Waals surface area contributed by atoms with Crippen molar-refractivity contribution in [2.75, 3.05) is 7.11 Å². The molecule has 0 radical (unpaired) electrons. The number of ether oxygens (including phenoxy) is 1. The number of carbonyl (C=O) groups is 1. The molecule has 0 amide bonds. The van der Waals surface area contributed by atoms with Crippen LogP contribution in [0.4, 0.5) is 0 Å². The van der Waals surface area contributed by atoms with Crippen molar-refractivity contribution in [2.24, 2.45) is 0 Å². The molecule has 0 saturated heterocycles. The van der Waals surface area contributed by atoms with Gasteiger partial charge in [0.05, 0.1) is 18.3 Å². The van der Waals surface area contributed by atoms with Crippen molar-refractivity contribution in [3.05, 3.63) is 78.0 Å². The highest BCUT2D eigenvalue weighted by Crippen LogP contribution is 2.26. The standard InChI is InChI=1S/C18H15NO2/c1-21-18(20)17(14-8-3-2-4-9-14)16-12-11-13-7-5-6-10-15(13)19-16/h2-12,17H,1H3/t17-/m0/s1. The Balaban J connectivity index is 2.12. The van der Waals surface area contributed by atoms with Gasteiger partial charge in [-0.05, 0) is 17.7 Å². The molecule has 0 spiro atoms. The summed E-state index contributed by atoms with van der Waals surface area (Å²) in [4.78, 5) is 16.8. The van der Waals surface area contributed by atoms with Gasteiger partial charge in [-0.15, -0.1) is 0 Å². The number of hydrogen-bond acceptors (Lipinski definition) is 3. The van der Waals surface area contributed by atoms with E-state index in [0.717, 1.165) is 16.5 Å². The van der Waals surface area contributed by atoms with Crippen molar-refractivity contribution in [2.45, 2.75) is 5.92 Å². The lowest BCUT2D eigenvalue weighted by atomic mass is 9.95. The van der Waals surface area contributed by atoms with Gasteiger partial charge in [0.1, 0.15) is 5.92 Å². The Morgan fingerprint density at radius 1 is 0.952 bits per heavy atom. The molecule has 0 fully saturated rings. The topological polar surface area (TPSA) is 39.2 Å². The molecule has 0 N–H and O–H groups in total. The smallest absolute Gasteiger partial charge is 0.319 e. The first kappa shape index (κ1) is 13.3. The predicted molar refractivity (Wildman–Crippen MR) is 82.0 cm³/mol. The van der Waals surface area contributed by atoms with Gasteiger partial charge in [0.2, 0.25) is 0 Å². The molecule has 1 aromatic heterocycles. The quantitative estimate of drug-likeness (QED) is 0.687. The third-order valence-corrected chi connectivity index (χ3v) is 3.49. The fraction of sp³-hybridized carbons (Fsp3) is 0.111. The molecule has 3 heteroatoms. The predicted octanol–water partition coefficient (Wildman–Crippen LogP) is 3.54. The van der Waals surface area contributed by atoms with E-state index in [1.807, 2.05) is 66.7 Å². The van der Waals surface area contributed by atoms with E-state index in [9.17, 15) is 4.79 Å². The van der Waals surface area contributed by atoms with Crippen LogP contribution in [0.2, 0.25) is 0 Å². The van der Waals surface area contributed by atoms with E-state index in [0.29, 0.717) is 5.69 Å². The molecule has 0 saturated carbocycles. The molecule has 3 nitrogen and oxygen atoms in total. The summed E-state index contributed by atoms with van der Waals surface area (Å²) in [7, 11) is 1.40. The first-order valence-electron chi connectivity index (χ1n) is 6.78. The number of esters is 1. The van der Waals surface area contributed by atoms with Crippen molar-refractivity contribution in [1.82, 2.24) is 4.98 Å². The third-order valence-electron chi connectivity index (χ3n) is 3.49. The van der Waals surface area contributed by atoms with Crippen molar-refractivity contribution >= 4 is 16.9 Å². The number of rotatable bonds is 3. The highest BCUT2D eigenvalue weighted by Gasteiger charge is 2.24. The second-order valence-corrected chi connectivity index (χ2v) is 4.80. The minimum absolute atomic E-state index is 0.302. The Labute approximate surface area is 123 Å². The minimum Gasteiger partial charge on any atom is -0.468 e. The Hall–Kier alpha value is -2.68. The van der Waals surface area contributed by atoms with E-state index >= 15 is 0 Å². The second-order valence-electron chi connectivity index (χ2n) is 4.80. The van der Waals surface area contributed by atoms with Gasteiger partial charge in [-0.25, -0.2) is 0 Å². The summed E-state index contributed by atoms with van der Waals surface area (Å²) in [5, 5.41) is 1.05. The molecular weight excluding hydrogens is 262 g/mol. The first-order valence-corrected chi connectivity index (χ1v) is 6.78. The van der Waals surface area contributed by atoms with Crippen LogP contribution in [0.3, 0.4) is 0 Å². The fourth-order valence-electron chi connectivity index (χ4n) is 2.43. The molecule has 1 atom stereocenters. The van der Waals surface area contributed by atoms with E-state index < -0.39 is 5.92 Å². The van der Waals surface area contributed by atoms with Crippen LogP contribution in [-0.4, -0.2) is 18.1 Å². The summed E-state index contributed by atoms with van der Waals surface area (Å²) in [5.41, 5.74) is 2.46. The minimum atomic E-state index is -0.499. The summed E-state index contributed by atoms with van der Waals surface area (Å²) in [6.45, 7) is 0. The van der Waals surface area contributed by atoms with Gasteiger partial charge in [0.25, 0.3) is 0 Å². The Morgan fingerprint density at radius 2 is 1.67 bits per heavy atom. The van der Waals surface area contributed by atoms with E-state index in [4.69, 9.17) is 4.74 Å². The zero-order valence-electron chi connectivity index (χ0n) is 11.7. The van der Waals surface area contributed by atoms with E-state index in [1.165, 1.54) is 7.11 Å². The van der Waals surface area contributed by atoms with Gasteiger partial charge in [0, 0.05) is 5.39 Å². The molecule has 1 heterocycles. The van der Waals surface area contributed by atoms with Crippen molar-refractivity contribution in [3.8, 4) is 0 Å². The number of aromatic nitrogens is 1. The van der Waals surface area contributed by atoms with Gasteiger partial charge >= 0.3 is 5.97 Å². The lowest BCUT2D eigenvalue weighted by molar-refractivity contribution is -0.141. The zero-order valence-corrected chi connectivity index (χ0v) is 11.7. The highest BCUT2D eigenvalue weighted by atomic mass is 16.5. The van der Waals surface area contributed by atoms with Crippen molar-refractivity contribution in [3.63, 3.8) is 0 Å². The monoisotopic (exact) mass is 277 g/mol. The second kappa shape index (κ2) is 5.75. The van der Waals surface area contributed by atoms with E-state index in [2.05, 4.69) is 4.98 Å². The molecule has 0 bridgehead atoms. The van der Waals surface area contributed by atoms with Gasteiger partial charge in [-0.1, -0.05) is 54.6 Å². The van der Waals surface area contributed by atoms with E-state index in [1.54, 1.807) is 0 Å². The number of pyridine rings is 1. The number of carbonyl (C=O) groups excluding carboxylic acids is 1. The van der Waals surface area contributed by atoms with Crippen LogP contribution in [0.1, 0.15) is 17.2 Å². The molecule has 2 aromatic carbocycles. The maximum atomic E-state index is 12.2. The Morgan fingerprint density at radius 3 is 2.43 bits per heavy atom. The van der Waals surface area contributed by atoms with Crippen molar-refractivity contribution < 1.29 is 9.53 Å². The fourth-order valence-corrected chi connectivity index (χ4v) is 2.43. The molecule has 0 aliphatic carbocycles.